The third-order valence-corrected chi connectivity index (χ3v) is 1.66. The summed E-state index contributed by atoms with van der Waals surface area (Å²) in [7, 11) is 0. The van der Waals surface area contributed by atoms with Gasteiger partial charge < -0.3 is 10.1 Å². The number of hydrogen-bond donors (Lipinski definition) is 1. The summed E-state index contributed by atoms with van der Waals surface area (Å²) >= 11 is 4.64. The van der Waals surface area contributed by atoms with Crippen LogP contribution in [0.15, 0.2) is 0 Å². The minimum atomic E-state index is -0.333. The lowest BCUT2D eigenvalue weighted by Gasteiger charge is -2.20. The summed E-state index contributed by atoms with van der Waals surface area (Å²) in [5.41, 5.74) is 1.35. The summed E-state index contributed by atoms with van der Waals surface area (Å²) in [6.45, 7) is 7.54. The molecule has 0 bridgehead atoms. The number of rotatable bonds is 5. The highest BCUT2D eigenvalue weighted by Gasteiger charge is 2.22. The first-order valence-corrected chi connectivity index (χ1v) is 4.86. The normalized spacial score (nSPS) is 12.8. The number of hydrogen-bond acceptors (Lipinski definition) is 3. The Balaban J connectivity index is 4.19. The molecule has 0 aliphatic heterocycles. The Labute approximate surface area is 84.8 Å². The largest absolute Gasteiger partial charge is 0.461 e. The van der Waals surface area contributed by atoms with Gasteiger partial charge in [0.2, 0.25) is 0 Å². The standard InChI is InChI=1S/C9H17NO2S/c1-6(2)8(10-5-13)9(11)12-7(3)4/h5-8H,1-4H3,(H,10,13)/t8-/m0/s1. The highest BCUT2D eigenvalue weighted by Crippen LogP contribution is 2.04. The topological polar surface area (TPSA) is 38.3 Å². The van der Waals surface area contributed by atoms with Crippen molar-refractivity contribution in [2.24, 2.45) is 5.92 Å². The van der Waals surface area contributed by atoms with E-state index in [0.29, 0.717) is 0 Å². The highest BCUT2D eigenvalue weighted by molar-refractivity contribution is 7.78. The number of thiocarbonyl (C=S) groups is 1. The lowest BCUT2D eigenvalue weighted by Crippen LogP contribution is -2.41. The molecule has 0 aromatic carbocycles. The van der Waals surface area contributed by atoms with Crippen molar-refractivity contribution < 1.29 is 9.53 Å². The molecule has 0 saturated heterocycles. The van der Waals surface area contributed by atoms with Gasteiger partial charge in [0.15, 0.2) is 0 Å². The Hall–Kier alpha value is -0.640. The van der Waals surface area contributed by atoms with Crippen LogP contribution < -0.4 is 5.32 Å². The molecule has 13 heavy (non-hydrogen) atoms. The summed E-state index contributed by atoms with van der Waals surface area (Å²) in [6, 6.07) is -0.333. The molecule has 0 aliphatic rings. The molecule has 0 aliphatic carbocycles. The fourth-order valence-corrected chi connectivity index (χ4v) is 1.06. The van der Waals surface area contributed by atoms with Gasteiger partial charge in [0.05, 0.1) is 11.6 Å². The van der Waals surface area contributed by atoms with E-state index in [1.807, 2.05) is 27.7 Å². The van der Waals surface area contributed by atoms with Crippen molar-refractivity contribution >= 4 is 23.7 Å². The van der Waals surface area contributed by atoms with Crippen molar-refractivity contribution in [2.45, 2.75) is 39.8 Å². The maximum Gasteiger partial charge on any atom is 0.329 e. The first-order valence-electron chi connectivity index (χ1n) is 4.39. The van der Waals surface area contributed by atoms with E-state index in [4.69, 9.17) is 4.74 Å². The van der Waals surface area contributed by atoms with Gasteiger partial charge in [-0.2, -0.15) is 0 Å². The van der Waals surface area contributed by atoms with Crippen molar-refractivity contribution in [3.63, 3.8) is 0 Å². The van der Waals surface area contributed by atoms with Crippen LogP contribution in [0.4, 0.5) is 0 Å². The van der Waals surface area contributed by atoms with Crippen molar-refractivity contribution in [3.05, 3.63) is 0 Å². The van der Waals surface area contributed by atoms with Gasteiger partial charge in [-0.15, -0.1) is 0 Å². The van der Waals surface area contributed by atoms with Crippen molar-refractivity contribution in [1.29, 1.82) is 0 Å². The number of carbonyl (C=O) groups excluding carboxylic acids is 1. The Morgan fingerprint density at radius 2 is 1.92 bits per heavy atom. The summed E-state index contributed by atoms with van der Waals surface area (Å²) in [6.07, 6.45) is -0.0827. The molecule has 0 aromatic heterocycles. The molecule has 3 nitrogen and oxygen atoms in total. The van der Waals surface area contributed by atoms with E-state index in [9.17, 15) is 4.79 Å². The SMILES string of the molecule is CC(C)OC(=O)[C@@H](NC=S)C(C)C. The van der Waals surface area contributed by atoms with Gasteiger partial charge in [-0.05, 0) is 19.8 Å². The molecule has 0 rings (SSSR count). The Kier molecular flexibility index (Phi) is 5.62. The van der Waals surface area contributed by atoms with Crippen molar-refractivity contribution in [3.8, 4) is 0 Å². The molecule has 0 radical (unpaired) electrons. The van der Waals surface area contributed by atoms with E-state index >= 15 is 0 Å². The van der Waals surface area contributed by atoms with Crippen LogP contribution in [0.2, 0.25) is 0 Å². The monoisotopic (exact) mass is 203 g/mol. The quantitative estimate of drug-likeness (QED) is 0.543. The van der Waals surface area contributed by atoms with Crippen molar-refractivity contribution in [1.82, 2.24) is 5.32 Å². The molecule has 0 unspecified atom stereocenters. The molecular weight excluding hydrogens is 186 g/mol. The number of carbonyl (C=O) groups is 1. The number of nitrogens with one attached hydrogen (secondary N) is 1. The first kappa shape index (κ1) is 12.4. The third kappa shape index (κ3) is 4.83. The first-order chi connectivity index (χ1) is 5.99. The maximum absolute atomic E-state index is 11.4. The van der Waals surface area contributed by atoms with Crippen LogP contribution in [0.1, 0.15) is 27.7 Å². The second-order valence-corrected chi connectivity index (χ2v) is 3.73. The second kappa shape index (κ2) is 5.91. The summed E-state index contributed by atoms with van der Waals surface area (Å²) < 4.78 is 5.06. The van der Waals surface area contributed by atoms with E-state index in [1.54, 1.807) is 0 Å². The zero-order valence-corrected chi connectivity index (χ0v) is 9.35. The summed E-state index contributed by atoms with van der Waals surface area (Å²) in [4.78, 5) is 11.4. The molecule has 76 valence electrons. The van der Waals surface area contributed by atoms with E-state index in [-0.39, 0.29) is 24.0 Å². The van der Waals surface area contributed by atoms with E-state index in [0.717, 1.165) is 0 Å². The van der Waals surface area contributed by atoms with Gasteiger partial charge in [-0.1, -0.05) is 26.1 Å². The zero-order chi connectivity index (χ0) is 10.4. The molecule has 0 saturated carbocycles. The Bertz CT molecular complexity index is 180. The summed E-state index contributed by atoms with van der Waals surface area (Å²) in [5, 5.41) is 2.80. The van der Waals surface area contributed by atoms with E-state index in [2.05, 4.69) is 17.5 Å². The average Bonchev–Trinajstić information content (AvgIpc) is 1.97. The van der Waals surface area contributed by atoms with Crippen LogP contribution in [-0.4, -0.2) is 23.6 Å². The third-order valence-electron chi connectivity index (χ3n) is 1.52. The Morgan fingerprint density at radius 3 is 2.23 bits per heavy atom. The molecule has 0 fully saturated rings. The minimum Gasteiger partial charge on any atom is -0.461 e. The van der Waals surface area contributed by atoms with Gasteiger partial charge in [-0.3, -0.25) is 0 Å². The van der Waals surface area contributed by atoms with Crippen molar-refractivity contribution in [2.75, 3.05) is 0 Å². The van der Waals surface area contributed by atoms with Crippen LogP contribution >= 0.6 is 12.2 Å². The molecule has 1 atom stereocenters. The fraction of sp³-hybridized carbons (Fsp3) is 0.778. The predicted molar refractivity (Wildman–Crippen MR) is 56.6 cm³/mol. The van der Waals surface area contributed by atoms with Gasteiger partial charge in [-0.25, -0.2) is 4.79 Å². The van der Waals surface area contributed by atoms with Crippen LogP contribution in [0.25, 0.3) is 0 Å². The van der Waals surface area contributed by atoms with Crippen LogP contribution in [-0.2, 0) is 9.53 Å². The number of ether oxygens (including phenoxy) is 1. The Morgan fingerprint density at radius 1 is 1.38 bits per heavy atom. The van der Waals surface area contributed by atoms with Gasteiger partial charge in [0.1, 0.15) is 6.04 Å². The maximum atomic E-state index is 11.4. The summed E-state index contributed by atoms with van der Waals surface area (Å²) in [5.74, 6) is -0.0726. The molecule has 0 heterocycles. The van der Waals surface area contributed by atoms with Crippen LogP contribution in [0.3, 0.4) is 0 Å². The van der Waals surface area contributed by atoms with Crippen LogP contribution in [0.5, 0.6) is 0 Å². The molecular formula is C9H17NO2S. The van der Waals surface area contributed by atoms with E-state index < -0.39 is 0 Å². The van der Waals surface area contributed by atoms with Gasteiger partial charge in [0, 0.05) is 0 Å². The zero-order valence-electron chi connectivity index (χ0n) is 8.53. The van der Waals surface area contributed by atoms with Gasteiger partial charge in [0.25, 0.3) is 0 Å². The molecule has 1 N–H and O–H groups in total. The lowest BCUT2D eigenvalue weighted by molar-refractivity contribution is -0.150. The molecule has 0 aromatic rings. The minimum absolute atomic E-state index is 0.0827. The second-order valence-electron chi connectivity index (χ2n) is 3.49. The van der Waals surface area contributed by atoms with E-state index in [1.165, 1.54) is 5.49 Å². The molecule has 0 amide bonds. The van der Waals surface area contributed by atoms with Crippen LogP contribution in [0, 0.1) is 5.92 Å². The predicted octanol–water partition coefficient (Wildman–Crippen LogP) is 1.51. The highest BCUT2D eigenvalue weighted by atomic mass is 32.1. The average molecular weight is 203 g/mol. The lowest BCUT2D eigenvalue weighted by atomic mass is 10.1. The molecule has 4 heteroatoms. The van der Waals surface area contributed by atoms with Gasteiger partial charge >= 0.3 is 5.97 Å². The molecule has 0 spiro atoms. The smallest absolute Gasteiger partial charge is 0.329 e. The fourth-order valence-electron chi connectivity index (χ4n) is 0.912. The number of esters is 1.